The smallest absolute Gasteiger partial charge is 0.360 e. The quantitative estimate of drug-likeness (QED) is 0.751. The minimum atomic E-state index is -0.562. The first kappa shape index (κ1) is 14.3. The zero-order valence-electron chi connectivity index (χ0n) is 11.8. The summed E-state index contributed by atoms with van der Waals surface area (Å²) < 4.78 is 6.66. The van der Waals surface area contributed by atoms with E-state index < -0.39 is 5.97 Å². The van der Waals surface area contributed by atoms with E-state index in [4.69, 9.17) is 4.74 Å². The van der Waals surface area contributed by atoms with Crippen molar-refractivity contribution in [3.05, 3.63) is 52.5 Å². The molecule has 3 heterocycles. The topological polar surface area (TPSA) is 72.7 Å². The highest BCUT2D eigenvalue weighted by atomic mass is 32.1. The van der Waals surface area contributed by atoms with Crippen LogP contribution in [0.1, 0.15) is 27.1 Å². The van der Waals surface area contributed by atoms with E-state index in [0.29, 0.717) is 16.3 Å². The summed E-state index contributed by atoms with van der Waals surface area (Å²) in [7, 11) is 0. The third-order valence-corrected chi connectivity index (χ3v) is 3.84. The molecule has 0 bridgehead atoms. The van der Waals surface area contributed by atoms with Crippen LogP contribution < -0.4 is 5.32 Å². The Morgan fingerprint density at radius 2 is 2.18 bits per heavy atom. The van der Waals surface area contributed by atoms with Crippen molar-refractivity contribution in [1.82, 2.24) is 9.38 Å². The molecule has 0 spiro atoms. The van der Waals surface area contributed by atoms with E-state index in [-0.39, 0.29) is 18.2 Å². The lowest BCUT2D eigenvalue weighted by Crippen LogP contribution is -2.16. The Morgan fingerprint density at radius 1 is 1.32 bits per heavy atom. The van der Waals surface area contributed by atoms with Gasteiger partial charge in [0.15, 0.2) is 11.5 Å². The average Bonchev–Trinajstić information content (AvgIpc) is 3.16. The number of nitrogens with one attached hydrogen (secondary N) is 1. The first-order valence-electron chi connectivity index (χ1n) is 6.69. The van der Waals surface area contributed by atoms with Gasteiger partial charge in [-0.1, -0.05) is 12.1 Å². The third-order valence-electron chi connectivity index (χ3n) is 2.98. The van der Waals surface area contributed by atoms with Gasteiger partial charge in [-0.25, -0.2) is 9.78 Å². The van der Waals surface area contributed by atoms with Gasteiger partial charge in [0, 0.05) is 6.20 Å². The number of nitrogens with zero attached hydrogens (tertiary/aromatic N) is 2. The normalized spacial score (nSPS) is 10.6. The number of esters is 1. The standard InChI is InChI=1S/C15H13N3O3S/c1-2-21-15(20)12-13(17-14(19)10-6-5-9-22-10)18-8-4-3-7-11(18)16-12/h3-9H,2H2,1H3,(H,17,19). The summed E-state index contributed by atoms with van der Waals surface area (Å²) in [6.45, 7) is 1.96. The Hall–Kier alpha value is -2.67. The Morgan fingerprint density at radius 3 is 2.91 bits per heavy atom. The molecule has 0 fully saturated rings. The van der Waals surface area contributed by atoms with E-state index in [2.05, 4.69) is 10.3 Å². The van der Waals surface area contributed by atoms with Gasteiger partial charge >= 0.3 is 5.97 Å². The van der Waals surface area contributed by atoms with Crippen LogP contribution >= 0.6 is 11.3 Å². The number of hydrogen-bond donors (Lipinski definition) is 1. The Kier molecular flexibility index (Phi) is 3.88. The summed E-state index contributed by atoms with van der Waals surface area (Å²) in [5.41, 5.74) is 0.657. The number of imidazole rings is 1. The number of thiophene rings is 1. The third kappa shape index (κ3) is 2.58. The zero-order valence-corrected chi connectivity index (χ0v) is 12.6. The van der Waals surface area contributed by atoms with Gasteiger partial charge in [-0.15, -0.1) is 11.3 Å². The van der Waals surface area contributed by atoms with Gasteiger partial charge in [-0.3, -0.25) is 9.20 Å². The highest BCUT2D eigenvalue weighted by Crippen LogP contribution is 2.21. The fourth-order valence-corrected chi connectivity index (χ4v) is 2.65. The molecule has 0 aliphatic carbocycles. The summed E-state index contributed by atoms with van der Waals surface area (Å²) in [5, 5.41) is 4.56. The SMILES string of the molecule is CCOC(=O)c1nc2ccccn2c1NC(=O)c1cccs1. The number of aromatic nitrogens is 2. The number of carbonyl (C=O) groups excluding carboxylic acids is 2. The minimum absolute atomic E-state index is 0.0953. The fraction of sp³-hybridized carbons (Fsp3) is 0.133. The van der Waals surface area contributed by atoms with E-state index in [0.717, 1.165) is 0 Å². The maximum absolute atomic E-state index is 12.3. The molecule has 3 rings (SSSR count). The fourth-order valence-electron chi connectivity index (χ4n) is 2.03. The van der Waals surface area contributed by atoms with Gasteiger partial charge in [0.2, 0.25) is 0 Å². The number of pyridine rings is 1. The van der Waals surface area contributed by atoms with Crippen LogP contribution in [0.25, 0.3) is 5.65 Å². The molecular weight excluding hydrogens is 302 g/mol. The van der Waals surface area contributed by atoms with Crippen molar-refractivity contribution < 1.29 is 14.3 Å². The number of fused-ring (bicyclic) bond motifs is 1. The monoisotopic (exact) mass is 315 g/mol. The van der Waals surface area contributed by atoms with Crippen LogP contribution in [0, 0.1) is 0 Å². The molecule has 0 aromatic carbocycles. The van der Waals surface area contributed by atoms with Gasteiger partial charge < -0.3 is 10.1 Å². The van der Waals surface area contributed by atoms with Crippen molar-refractivity contribution in [2.24, 2.45) is 0 Å². The zero-order chi connectivity index (χ0) is 15.5. The Bertz CT molecular complexity index is 824. The van der Waals surface area contributed by atoms with E-state index in [9.17, 15) is 9.59 Å². The number of rotatable bonds is 4. The van der Waals surface area contributed by atoms with Gasteiger partial charge in [-0.2, -0.15) is 0 Å². The molecule has 0 saturated heterocycles. The maximum atomic E-state index is 12.3. The van der Waals surface area contributed by atoms with Crippen LogP contribution in [-0.2, 0) is 4.74 Å². The van der Waals surface area contributed by atoms with Gasteiger partial charge in [-0.05, 0) is 30.5 Å². The predicted octanol–water partition coefficient (Wildman–Crippen LogP) is 2.82. The van der Waals surface area contributed by atoms with Crippen molar-refractivity contribution in [2.75, 3.05) is 11.9 Å². The lowest BCUT2D eigenvalue weighted by molar-refractivity contribution is 0.0521. The summed E-state index contributed by atoms with van der Waals surface area (Å²) in [6, 6.07) is 8.86. The number of anilines is 1. The van der Waals surface area contributed by atoms with Crippen LogP contribution in [0.5, 0.6) is 0 Å². The minimum Gasteiger partial charge on any atom is -0.461 e. The van der Waals surface area contributed by atoms with Crippen molar-refractivity contribution in [1.29, 1.82) is 0 Å². The molecule has 6 nitrogen and oxygen atoms in total. The molecule has 3 aromatic rings. The van der Waals surface area contributed by atoms with Crippen molar-refractivity contribution in [3.8, 4) is 0 Å². The first-order valence-corrected chi connectivity index (χ1v) is 7.57. The summed E-state index contributed by atoms with van der Waals surface area (Å²) >= 11 is 1.32. The molecule has 0 atom stereocenters. The second kappa shape index (κ2) is 5.98. The molecule has 0 aliphatic heterocycles. The average molecular weight is 315 g/mol. The maximum Gasteiger partial charge on any atom is 0.360 e. The van der Waals surface area contributed by atoms with Gasteiger partial charge in [0.1, 0.15) is 5.65 Å². The second-order valence-corrected chi connectivity index (χ2v) is 5.34. The summed E-state index contributed by atoms with van der Waals surface area (Å²) in [6.07, 6.45) is 1.73. The van der Waals surface area contributed by atoms with E-state index in [1.54, 1.807) is 41.8 Å². The van der Waals surface area contributed by atoms with Crippen molar-refractivity contribution >= 4 is 34.7 Å². The van der Waals surface area contributed by atoms with E-state index >= 15 is 0 Å². The summed E-state index contributed by atoms with van der Waals surface area (Å²) in [4.78, 5) is 29.1. The molecule has 3 aromatic heterocycles. The molecule has 22 heavy (non-hydrogen) atoms. The summed E-state index contributed by atoms with van der Waals surface area (Å²) in [5.74, 6) is -0.536. The molecule has 0 saturated carbocycles. The van der Waals surface area contributed by atoms with E-state index in [1.165, 1.54) is 11.3 Å². The Labute approximate surface area is 130 Å². The molecular formula is C15H13N3O3S. The number of hydrogen-bond acceptors (Lipinski definition) is 5. The van der Waals surface area contributed by atoms with Crippen LogP contribution in [0.15, 0.2) is 41.9 Å². The molecule has 1 amide bonds. The van der Waals surface area contributed by atoms with Crippen LogP contribution in [0.3, 0.4) is 0 Å². The molecule has 0 unspecified atom stereocenters. The molecule has 7 heteroatoms. The number of amides is 1. The van der Waals surface area contributed by atoms with Crippen LogP contribution in [0.4, 0.5) is 5.82 Å². The lowest BCUT2D eigenvalue weighted by atomic mass is 10.4. The van der Waals surface area contributed by atoms with Crippen LogP contribution in [-0.4, -0.2) is 27.9 Å². The van der Waals surface area contributed by atoms with Gasteiger partial charge in [0.25, 0.3) is 5.91 Å². The van der Waals surface area contributed by atoms with Crippen molar-refractivity contribution in [3.63, 3.8) is 0 Å². The van der Waals surface area contributed by atoms with Crippen LogP contribution in [0.2, 0.25) is 0 Å². The Balaban J connectivity index is 2.04. The molecule has 0 radical (unpaired) electrons. The van der Waals surface area contributed by atoms with Gasteiger partial charge in [0.05, 0.1) is 11.5 Å². The largest absolute Gasteiger partial charge is 0.461 e. The lowest BCUT2D eigenvalue weighted by Gasteiger charge is -2.06. The highest BCUT2D eigenvalue weighted by molar-refractivity contribution is 7.12. The van der Waals surface area contributed by atoms with E-state index in [1.807, 2.05) is 11.4 Å². The predicted molar refractivity (Wildman–Crippen MR) is 83.4 cm³/mol. The second-order valence-electron chi connectivity index (χ2n) is 4.39. The van der Waals surface area contributed by atoms with Crippen molar-refractivity contribution in [2.45, 2.75) is 6.92 Å². The molecule has 112 valence electrons. The number of ether oxygens (including phenoxy) is 1. The first-order chi connectivity index (χ1) is 10.7. The number of carbonyl (C=O) groups is 2. The highest BCUT2D eigenvalue weighted by Gasteiger charge is 2.22. The molecule has 0 aliphatic rings. The molecule has 1 N–H and O–H groups in total.